The van der Waals surface area contributed by atoms with Crippen molar-refractivity contribution in [3.63, 3.8) is 0 Å². The molecule has 1 N–H and O–H groups in total. The molecule has 98 valence electrons. The molecule has 0 spiro atoms. The second-order valence-corrected chi connectivity index (χ2v) is 6.86. The van der Waals surface area contributed by atoms with E-state index in [1.807, 2.05) is 0 Å². The molecule has 0 aliphatic carbocycles. The number of nitrogens with zero attached hydrogens (tertiary/aromatic N) is 2. The maximum Gasteiger partial charge on any atom is 0.107 e. The van der Waals surface area contributed by atoms with E-state index >= 15 is 0 Å². The van der Waals surface area contributed by atoms with Crippen molar-refractivity contribution in [1.82, 2.24) is 15.2 Å². The number of nitrogens with one attached hydrogen (secondary N) is 1. The molecule has 1 rings (SSSR count). The summed E-state index contributed by atoms with van der Waals surface area (Å²) in [6.45, 7) is 10.7. The van der Waals surface area contributed by atoms with Gasteiger partial charge in [0.25, 0.3) is 0 Å². The van der Waals surface area contributed by atoms with Crippen molar-refractivity contribution in [2.24, 2.45) is 0 Å². The Morgan fingerprint density at radius 3 is 2.53 bits per heavy atom. The van der Waals surface area contributed by atoms with Gasteiger partial charge in [0.2, 0.25) is 0 Å². The number of aromatic nitrogens is 1. The van der Waals surface area contributed by atoms with Gasteiger partial charge in [0.1, 0.15) is 5.01 Å². The van der Waals surface area contributed by atoms with Crippen molar-refractivity contribution in [3.8, 4) is 0 Å². The molecule has 1 atom stereocenters. The standard InChI is InChI=1S/C13H25N3S/c1-10(8-16(5)6)14-7-12-15-11(9-17-12)13(2,3)4/h9-10,14H,7-8H2,1-6H3. The Morgan fingerprint density at radius 1 is 1.41 bits per heavy atom. The van der Waals surface area contributed by atoms with Crippen LogP contribution in [0.2, 0.25) is 0 Å². The van der Waals surface area contributed by atoms with Crippen molar-refractivity contribution < 1.29 is 0 Å². The molecule has 17 heavy (non-hydrogen) atoms. The van der Waals surface area contributed by atoms with Crippen LogP contribution >= 0.6 is 11.3 Å². The summed E-state index contributed by atoms with van der Waals surface area (Å²) < 4.78 is 0. The molecule has 0 bridgehead atoms. The predicted molar refractivity (Wildman–Crippen MR) is 75.7 cm³/mol. The second kappa shape index (κ2) is 5.94. The molecule has 0 amide bonds. The molecule has 0 saturated heterocycles. The molecule has 1 aromatic heterocycles. The van der Waals surface area contributed by atoms with E-state index in [2.05, 4.69) is 62.4 Å². The first-order valence-corrected chi connectivity index (χ1v) is 7.00. The highest BCUT2D eigenvalue weighted by Crippen LogP contribution is 2.23. The normalized spacial score (nSPS) is 14.3. The zero-order valence-corrected chi connectivity index (χ0v) is 12.7. The summed E-state index contributed by atoms with van der Waals surface area (Å²) in [6, 6.07) is 0.493. The maximum absolute atomic E-state index is 4.68. The summed E-state index contributed by atoms with van der Waals surface area (Å²) in [7, 11) is 4.19. The quantitative estimate of drug-likeness (QED) is 0.876. The van der Waals surface area contributed by atoms with Gasteiger partial charge in [0.15, 0.2) is 0 Å². The maximum atomic E-state index is 4.68. The summed E-state index contributed by atoms with van der Waals surface area (Å²) >= 11 is 1.75. The fraction of sp³-hybridized carbons (Fsp3) is 0.769. The summed E-state index contributed by atoms with van der Waals surface area (Å²) in [4.78, 5) is 6.87. The fourth-order valence-corrected chi connectivity index (χ4v) is 2.58. The van der Waals surface area contributed by atoms with Gasteiger partial charge in [-0.1, -0.05) is 20.8 Å². The van der Waals surface area contributed by atoms with E-state index in [1.54, 1.807) is 11.3 Å². The topological polar surface area (TPSA) is 28.2 Å². The van der Waals surface area contributed by atoms with Gasteiger partial charge >= 0.3 is 0 Å². The number of thiazole rings is 1. The highest BCUT2D eigenvalue weighted by Gasteiger charge is 2.17. The summed E-state index contributed by atoms with van der Waals surface area (Å²) in [5.74, 6) is 0. The SMILES string of the molecule is CC(CN(C)C)NCc1nc(C(C)(C)C)cs1. The van der Waals surface area contributed by atoms with E-state index < -0.39 is 0 Å². The van der Waals surface area contributed by atoms with Gasteiger partial charge in [-0.15, -0.1) is 11.3 Å². The van der Waals surface area contributed by atoms with Crippen LogP contribution in [0.5, 0.6) is 0 Å². The van der Waals surface area contributed by atoms with E-state index in [1.165, 1.54) is 10.7 Å². The third-order valence-electron chi connectivity index (χ3n) is 2.56. The minimum absolute atomic E-state index is 0.157. The molecule has 1 aromatic rings. The van der Waals surface area contributed by atoms with Crippen molar-refractivity contribution in [3.05, 3.63) is 16.1 Å². The molecule has 3 nitrogen and oxygen atoms in total. The highest BCUT2D eigenvalue weighted by molar-refractivity contribution is 7.09. The zero-order valence-electron chi connectivity index (χ0n) is 11.9. The molecule has 1 unspecified atom stereocenters. The minimum Gasteiger partial charge on any atom is -0.308 e. The Morgan fingerprint density at radius 2 is 2.06 bits per heavy atom. The smallest absolute Gasteiger partial charge is 0.107 e. The third-order valence-corrected chi connectivity index (χ3v) is 3.41. The first-order valence-electron chi connectivity index (χ1n) is 6.12. The van der Waals surface area contributed by atoms with Crippen LogP contribution in [0.3, 0.4) is 0 Å². The zero-order chi connectivity index (χ0) is 13.1. The van der Waals surface area contributed by atoms with Crippen LogP contribution in [0, 0.1) is 0 Å². The van der Waals surface area contributed by atoms with Gasteiger partial charge in [-0.05, 0) is 21.0 Å². The van der Waals surface area contributed by atoms with Crippen LogP contribution in [0.4, 0.5) is 0 Å². The lowest BCUT2D eigenvalue weighted by molar-refractivity contribution is 0.349. The van der Waals surface area contributed by atoms with Gasteiger partial charge in [0, 0.05) is 29.9 Å². The first-order chi connectivity index (χ1) is 7.79. The molecular formula is C13H25N3S. The predicted octanol–water partition coefficient (Wildman–Crippen LogP) is 2.48. The van der Waals surface area contributed by atoms with Gasteiger partial charge in [-0.3, -0.25) is 0 Å². The van der Waals surface area contributed by atoms with E-state index in [4.69, 9.17) is 0 Å². The van der Waals surface area contributed by atoms with Crippen molar-refractivity contribution in [2.75, 3.05) is 20.6 Å². The Balaban J connectivity index is 2.45. The van der Waals surface area contributed by atoms with E-state index in [9.17, 15) is 0 Å². The molecule has 0 fully saturated rings. The lowest BCUT2D eigenvalue weighted by Gasteiger charge is -2.17. The molecule has 0 aliphatic rings. The molecule has 0 saturated carbocycles. The Bertz CT molecular complexity index is 339. The summed E-state index contributed by atoms with van der Waals surface area (Å²) in [6.07, 6.45) is 0. The average Bonchev–Trinajstić information content (AvgIpc) is 2.61. The molecule has 0 radical (unpaired) electrons. The molecule has 0 aliphatic heterocycles. The minimum atomic E-state index is 0.157. The molecule has 1 heterocycles. The van der Waals surface area contributed by atoms with Crippen molar-refractivity contribution >= 4 is 11.3 Å². The first kappa shape index (κ1) is 14.6. The van der Waals surface area contributed by atoms with Crippen LogP contribution in [-0.2, 0) is 12.0 Å². The van der Waals surface area contributed by atoms with Crippen LogP contribution < -0.4 is 5.32 Å². The van der Waals surface area contributed by atoms with Crippen LogP contribution in [0.1, 0.15) is 38.4 Å². The fourth-order valence-electron chi connectivity index (χ4n) is 1.61. The Labute approximate surface area is 109 Å². The van der Waals surface area contributed by atoms with Crippen LogP contribution in [-0.4, -0.2) is 36.6 Å². The van der Waals surface area contributed by atoms with Crippen LogP contribution in [0.15, 0.2) is 5.38 Å². The van der Waals surface area contributed by atoms with Crippen molar-refractivity contribution in [2.45, 2.75) is 45.7 Å². The third kappa shape index (κ3) is 5.15. The highest BCUT2D eigenvalue weighted by atomic mass is 32.1. The molecular weight excluding hydrogens is 230 g/mol. The van der Waals surface area contributed by atoms with Crippen molar-refractivity contribution in [1.29, 1.82) is 0 Å². The molecule has 0 aromatic carbocycles. The van der Waals surface area contributed by atoms with Gasteiger partial charge in [-0.2, -0.15) is 0 Å². The number of likely N-dealkylation sites (N-methyl/N-ethyl adjacent to an activating group) is 1. The van der Waals surface area contributed by atoms with Gasteiger partial charge in [-0.25, -0.2) is 4.98 Å². The van der Waals surface area contributed by atoms with E-state index in [-0.39, 0.29) is 5.41 Å². The van der Waals surface area contributed by atoms with E-state index in [0.29, 0.717) is 6.04 Å². The largest absolute Gasteiger partial charge is 0.308 e. The lowest BCUT2D eigenvalue weighted by atomic mass is 9.93. The summed E-state index contributed by atoms with van der Waals surface area (Å²) in [5.41, 5.74) is 1.35. The van der Waals surface area contributed by atoms with Gasteiger partial charge in [0.05, 0.1) is 5.69 Å². The summed E-state index contributed by atoms with van der Waals surface area (Å²) in [5, 5.41) is 6.86. The Kier molecular flexibility index (Phi) is 5.10. The monoisotopic (exact) mass is 255 g/mol. The Hall–Kier alpha value is -0.450. The van der Waals surface area contributed by atoms with Gasteiger partial charge < -0.3 is 10.2 Å². The van der Waals surface area contributed by atoms with E-state index in [0.717, 1.165) is 13.1 Å². The number of hydrogen-bond acceptors (Lipinski definition) is 4. The van der Waals surface area contributed by atoms with Crippen LogP contribution in [0.25, 0.3) is 0 Å². The second-order valence-electron chi connectivity index (χ2n) is 5.92. The average molecular weight is 255 g/mol. The molecule has 4 heteroatoms. The number of rotatable bonds is 5. The lowest BCUT2D eigenvalue weighted by Crippen LogP contribution is -2.35. The number of hydrogen-bond donors (Lipinski definition) is 1.